The highest BCUT2D eigenvalue weighted by molar-refractivity contribution is 5.94. The van der Waals surface area contributed by atoms with Crippen molar-refractivity contribution in [2.24, 2.45) is 0 Å². The average Bonchev–Trinajstić information content (AvgIpc) is 3.64. The predicted molar refractivity (Wildman–Crippen MR) is 158 cm³/mol. The summed E-state index contributed by atoms with van der Waals surface area (Å²) < 4.78 is 5.94. The second-order valence-electron chi connectivity index (χ2n) is 11.0. The molecule has 12 nitrogen and oxygen atoms in total. The number of aromatic nitrogens is 6. The minimum atomic E-state index is -0.162. The SMILES string of the molecule is CC(=O)Nc1ccc2oc(-c3ccnc(C(=O)N4CCN(C(c5ccccc5)c5nnn(C6CCC6)n5)CC4)c3)nc2c1. The number of hydrogen-bond donors (Lipinski definition) is 1. The van der Waals surface area contributed by atoms with Gasteiger partial charge >= 0.3 is 0 Å². The molecule has 43 heavy (non-hydrogen) atoms. The molecule has 12 heteroatoms. The molecule has 5 aromatic rings. The summed E-state index contributed by atoms with van der Waals surface area (Å²) in [5.74, 6) is 0.764. The van der Waals surface area contributed by atoms with Crippen molar-refractivity contribution in [1.29, 1.82) is 0 Å². The maximum absolute atomic E-state index is 13.6. The first-order valence-corrected chi connectivity index (χ1v) is 14.5. The zero-order valence-electron chi connectivity index (χ0n) is 23.8. The standard InChI is InChI=1S/C31H31N9O3/c1-20(41)33-23-10-11-27-25(19-23)34-30(43-27)22-12-13-32-26(18-22)31(42)39-16-14-38(15-17-39)28(21-6-3-2-4-7-21)29-35-37-40(36-29)24-8-5-9-24/h2-4,6-7,10-13,18-19,24,28H,5,8-9,14-17H2,1H3,(H,33,41). The highest BCUT2D eigenvalue weighted by Crippen LogP contribution is 2.32. The molecule has 3 aromatic heterocycles. The lowest BCUT2D eigenvalue weighted by Gasteiger charge is -2.38. The van der Waals surface area contributed by atoms with E-state index >= 15 is 0 Å². The summed E-state index contributed by atoms with van der Waals surface area (Å²) in [6.45, 7) is 3.85. The first kappa shape index (κ1) is 26.9. The fourth-order valence-electron chi connectivity index (χ4n) is 5.63. The fourth-order valence-corrected chi connectivity index (χ4v) is 5.63. The van der Waals surface area contributed by atoms with E-state index in [9.17, 15) is 9.59 Å². The van der Waals surface area contributed by atoms with Gasteiger partial charge in [0.2, 0.25) is 11.8 Å². The fraction of sp³-hybridized carbons (Fsp3) is 0.323. The van der Waals surface area contributed by atoms with Gasteiger partial charge in [-0.3, -0.25) is 19.5 Å². The van der Waals surface area contributed by atoms with Gasteiger partial charge < -0.3 is 14.6 Å². The first-order chi connectivity index (χ1) is 21.0. The number of fused-ring (bicyclic) bond motifs is 1. The summed E-state index contributed by atoms with van der Waals surface area (Å²) in [5.41, 5.74) is 3.92. The lowest BCUT2D eigenvalue weighted by atomic mass is 9.94. The normalized spacial score (nSPS) is 16.6. The van der Waals surface area contributed by atoms with Gasteiger partial charge in [-0.15, -0.1) is 10.2 Å². The van der Waals surface area contributed by atoms with Crippen LogP contribution in [0.25, 0.3) is 22.6 Å². The number of pyridine rings is 1. The molecular weight excluding hydrogens is 546 g/mol. The van der Waals surface area contributed by atoms with Crippen LogP contribution in [0.15, 0.2) is 71.3 Å². The molecule has 0 spiro atoms. The Morgan fingerprint density at radius 3 is 2.56 bits per heavy atom. The number of amides is 2. The Morgan fingerprint density at radius 1 is 1.00 bits per heavy atom. The van der Waals surface area contributed by atoms with E-state index in [0.717, 1.165) is 18.4 Å². The average molecular weight is 578 g/mol. The Kier molecular flexibility index (Phi) is 7.11. The van der Waals surface area contributed by atoms with Gasteiger partial charge in [0.25, 0.3) is 5.91 Å². The molecule has 2 amide bonds. The van der Waals surface area contributed by atoms with E-state index in [1.807, 2.05) is 23.1 Å². The van der Waals surface area contributed by atoms with Gasteiger partial charge in [0.05, 0.1) is 12.1 Å². The molecule has 1 unspecified atom stereocenters. The first-order valence-electron chi connectivity index (χ1n) is 14.5. The largest absolute Gasteiger partial charge is 0.436 e. The molecule has 7 rings (SSSR count). The number of carbonyl (C=O) groups is 2. The Morgan fingerprint density at radius 2 is 1.81 bits per heavy atom. The monoisotopic (exact) mass is 577 g/mol. The number of anilines is 1. The number of nitrogens with one attached hydrogen (secondary N) is 1. The molecule has 0 radical (unpaired) electrons. The molecule has 2 fully saturated rings. The number of benzene rings is 2. The van der Waals surface area contributed by atoms with Crippen molar-refractivity contribution in [2.75, 3.05) is 31.5 Å². The number of hydrogen-bond acceptors (Lipinski definition) is 9. The Balaban J connectivity index is 1.06. The lowest BCUT2D eigenvalue weighted by molar-refractivity contribution is -0.114. The van der Waals surface area contributed by atoms with Crippen LogP contribution < -0.4 is 5.32 Å². The summed E-state index contributed by atoms with van der Waals surface area (Å²) in [6, 6.07) is 19.2. The predicted octanol–water partition coefficient (Wildman–Crippen LogP) is 4.11. The van der Waals surface area contributed by atoms with E-state index in [1.54, 1.807) is 41.3 Å². The van der Waals surface area contributed by atoms with Gasteiger partial charge in [-0.2, -0.15) is 4.80 Å². The molecule has 218 valence electrons. The van der Waals surface area contributed by atoms with E-state index in [-0.39, 0.29) is 17.9 Å². The summed E-state index contributed by atoms with van der Waals surface area (Å²) in [7, 11) is 0. The minimum Gasteiger partial charge on any atom is -0.436 e. The van der Waals surface area contributed by atoms with Gasteiger partial charge in [0.1, 0.15) is 11.2 Å². The maximum Gasteiger partial charge on any atom is 0.272 e. The second-order valence-corrected chi connectivity index (χ2v) is 11.0. The van der Waals surface area contributed by atoms with Crippen LogP contribution in [0.2, 0.25) is 0 Å². The third kappa shape index (κ3) is 5.48. The van der Waals surface area contributed by atoms with E-state index in [0.29, 0.717) is 72.0 Å². The molecular formula is C31H31N9O3. The van der Waals surface area contributed by atoms with Crippen LogP contribution in [-0.2, 0) is 4.79 Å². The third-order valence-corrected chi connectivity index (χ3v) is 8.11. The van der Waals surface area contributed by atoms with Gasteiger partial charge in [-0.25, -0.2) is 4.98 Å². The molecule has 0 bridgehead atoms. The third-order valence-electron chi connectivity index (χ3n) is 8.11. The summed E-state index contributed by atoms with van der Waals surface area (Å²) in [4.78, 5) is 39.8. The highest BCUT2D eigenvalue weighted by Gasteiger charge is 2.33. The quantitative estimate of drug-likeness (QED) is 0.303. The summed E-state index contributed by atoms with van der Waals surface area (Å²) in [5, 5.41) is 16.4. The van der Waals surface area contributed by atoms with Crippen LogP contribution >= 0.6 is 0 Å². The van der Waals surface area contributed by atoms with Crippen molar-refractivity contribution in [3.8, 4) is 11.5 Å². The number of oxazole rings is 1. The lowest BCUT2D eigenvalue weighted by Crippen LogP contribution is -2.50. The molecule has 1 saturated carbocycles. The van der Waals surface area contributed by atoms with Crippen molar-refractivity contribution >= 4 is 28.6 Å². The van der Waals surface area contributed by atoms with Crippen LogP contribution in [-0.4, -0.2) is 78.0 Å². The molecule has 1 atom stereocenters. The summed E-state index contributed by atoms with van der Waals surface area (Å²) >= 11 is 0. The molecule has 2 aliphatic rings. The Labute approximate surface area is 247 Å². The van der Waals surface area contributed by atoms with Gasteiger partial charge in [-0.05, 0) is 60.4 Å². The van der Waals surface area contributed by atoms with Gasteiger partial charge in [0.15, 0.2) is 11.4 Å². The zero-order valence-corrected chi connectivity index (χ0v) is 23.8. The second kappa shape index (κ2) is 11.4. The Bertz CT molecular complexity index is 1770. The molecule has 4 heterocycles. The topological polar surface area (TPSA) is 135 Å². The van der Waals surface area contributed by atoms with E-state index in [2.05, 4.69) is 42.6 Å². The number of nitrogens with zero attached hydrogens (tertiary/aromatic N) is 8. The van der Waals surface area contributed by atoms with Crippen LogP contribution in [0, 0.1) is 0 Å². The number of rotatable bonds is 7. The Hall–Kier alpha value is -4.97. The number of piperazine rings is 1. The van der Waals surface area contributed by atoms with E-state index < -0.39 is 0 Å². The molecule has 1 N–H and O–H groups in total. The van der Waals surface area contributed by atoms with Gasteiger partial charge in [0, 0.05) is 50.6 Å². The highest BCUT2D eigenvalue weighted by atomic mass is 16.3. The molecule has 1 saturated heterocycles. The number of tetrazole rings is 1. The smallest absolute Gasteiger partial charge is 0.272 e. The molecule has 1 aliphatic carbocycles. The van der Waals surface area contributed by atoms with Crippen LogP contribution in [0.1, 0.15) is 60.1 Å². The van der Waals surface area contributed by atoms with Crippen molar-refractivity contribution in [2.45, 2.75) is 38.3 Å². The van der Waals surface area contributed by atoms with E-state index in [1.165, 1.54) is 13.3 Å². The molecule has 2 aromatic carbocycles. The van der Waals surface area contributed by atoms with Crippen molar-refractivity contribution in [3.05, 3.63) is 83.9 Å². The maximum atomic E-state index is 13.6. The zero-order chi connectivity index (χ0) is 29.3. The van der Waals surface area contributed by atoms with Crippen molar-refractivity contribution in [1.82, 2.24) is 40.0 Å². The van der Waals surface area contributed by atoms with Crippen LogP contribution in [0.5, 0.6) is 0 Å². The minimum absolute atomic E-state index is 0.140. The van der Waals surface area contributed by atoms with Gasteiger partial charge in [-0.1, -0.05) is 30.3 Å². The summed E-state index contributed by atoms with van der Waals surface area (Å²) in [6.07, 6.45) is 4.98. The van der Waals surface area contributed by atoms with Crippen LogP contribution in [0.3, 0.4) is 0 Å². The number of carbonyl (C=O) groups excluding carboxylic acids is 2. The van der Waals surface area contributed by atoms with E-state index in [4.69, 9.17) is 9.52 Å². The van der Waals surface area contributed by atoms with Crippen molar-refractivity contribution < 1.29 is 14.0 Å². The molecule has 1 aliphatic heterocycles. The van der Waals surface area contributed by atoms with Crippen LogP contribution in [0.4, 0.5) is 5.69 Å². The van der Waals surface area contributed by atoms with Crippen molar-refractivity contribution in [3.63, 3.8) is 0 Å².